The van der Waals surface area contributed by atoms with Gasteiger partial charge in [-0.05, 0) is 6.92 Å². The summed E-state index contributed by atoms with van der Waals surface area (Å²) in [5.74, 6) is -0.913. The van der Waals surface area contributed by atoms with E-state index in [-0.39, 0.29) is 18.1 Å². The van der Waals surface area contributed by atoms with E-state index in [0.29, 0.717) is 0 Å². The molecule has 0 bridgehead atoms. The largest absolute Gasteiger partial charge is 0.469 e. The minimum atomic E-state index is -4.76. The highest BCUT2D eigenvalue weighted by Gasteiger charge is 2.45. The number of aliphatic hydroxyl groups excluding tert-OH is 2. The first-order valence-electron chi connectivity index (χ1n) is 6.86. The van der Waals surface area contributed by atoms with Crippen molar-refractivity contribution in [2.45, 2.75) is 31.5 Å². The second kappa shape index (κ2) is 7.15. The zero-order valence-corrected chi connectivity index (χ0v) is 13.4. The van der Waals surface area contributed by atoms with Crippen LogP contribution >= 0.6 is 7.82 Å². The summed E-state index contributed by atoms with van der Waals surface area (Å²) < 4.78 is 26.2. The fourth-order valence-electron chi connectivity index (χ4n) is 2.20. The number of carbonyl (C=O) groups is 1. The van der Waals surface area contributed by atoms with Gasteiger partial charge in [-0.15, -0.1) is 0 Å². The zero-order chi connectivity index (χ0) is 18.1. The lowest BCUT2D eigenvalue weighted by Gasteiger charge is -2.17. The Kier molecular flexibility index (Phi) is 5.60. The van der Waals surface area contributed by atoms with Gasteiger partial charge in [0.25, 0.3) is 0 Å². The summed E-state index contributed by atoms with van der Waals surface area (Å²) in [6.07, 6.45) is -4.29. The van der Waals surface area contributed by atoms with Crippen molar-refractivity contribution in [3.63, 3.8) is 0 Å². The highest BCUT2D eigenvalue weighted by molar-refractivity contribution is 7.46. The number of ether oxygens (including phenoxy) is 2. The number of esters is 1. The van der Waals surface area contributed by atoms with E-state index in [9.17, 15) is 19.6 Å². The Labute approximate surface area is 136 Å². The Balaban J connectivity index is 2.15. The summed E-state index contributed by atoms with van der Waals surface area (Å²) in [4.78, 5) is 32.8. The van der Waals surface area contributed by atoms with Gasteiger partial charge in [-0.1, -0.05) is 0 Å². The number of aliphatic hydroxyl groups is 2. The predicted molar refractivity (Wildman–Crippen MR) is 76.5 cm³/mol. The molecule has 2 rings (SSSR count). The van der Waals surface area contributed by atoms with Gasteiger partial charge in [0, 0.05) is 0 Å². The van der Waals surface area contributed by atoms with Crippen molar-refractivity contribution < 1.29 is 43.4 Å². The molecule has 6 N–H and O–H groups in total. The molecule has 0 spiro atoms. The number of rotatable bonds is 6. The van der Waals surface area contributed by atoms with E-state index in [1.807, 2.05) is 0 Å². The highest BCUT2D eigenvalue weighted by atomic mass is 31.2. The molecule has 4 atom stereocenters. The van der Waals surface area contributed by atoms with Crippen LogP contribution in [0, 0.1) is 0 Å². The molecular weight excluding hydrogens is 349 g/mol. The number of phosphoric ester groups is 1. The van der Waals surface area contributed by atoms with Crippen LogP contribution in [0.1, 0.15) is 23.6 Å². The maximum atomic E-state index is 11.7. The van der Waals surface area contributed by atoms with Crippen LogP contribution in [0.25, 0.3) is 0 Å². The van der Waals surface area contributed by atoms with Crippen molar-refractivity contribution in [2.24, 2.45) is 0 Å². The maximum Gasteiger partial charge on any atom is 0.469 e. The number of nitrogens with two attached hydrogens (primary N) is 1. The maximum absolute atomic E-state index is 11.7. The molecule has 13 heteroatoms. The van der Waals surface area contributed by atoms with E-state index in [2.05, 4.69) is 9.51 Å². The lowest BCUT2D eigenvalue weighted by Crippen LogP contribution is -2.33. The summed E-state index contributed by atoms with van der Waals surface area (Å²) in [6, 6.07) is 0. The van der Waals surface area contributed by atoms with Gasteiger partial charge in [-0.3, -0.25) is 9.09 Å². The summed E-state index contributed by atoms with van der Waals surface area (Å²) in [5.41, 5.74) is 5.60. The van der Waals surface area contributed by atoms with Gasteiger partial charge < -0.3 is 35.2 Å². The molecule has 24 heavy (non-hydrogen) atoms. The van der Waals surface area contributed by atoms with Crippen LogP contribution in [0.3, 0.4) is 0 Å². The van der Waals surface area contributed by atoms with Gasteiger partial charge in [0.15, 0.2) is 11.9 Å². The first kappa shape index (κ1) is 18.8. The fraction of sp³-hybridized carbons (Fsp3) is 0.636. The first-order valence-corrected chi connectivity index (χ1v) is 8.39. The number of anilines is 1. The second-order valence-electron chi connectivity index (χ2n) is 4.94. The number of nitrogen functional groups attached to an aromatic ring is 1. The highest BCUT2D eigenvalue weighted by Crippen LogP contribution is 2.38. The average Bonchev–Trinajstić information content (AvgIpc) is 2.99. The molecule has 1 fully saturated rings. The van der Waals surface area contributed by atoms with E-state index >= 15 is 0 Å². The molecule has 1 aliphatic heterocycles. The third kappa shape index (κ3) is 3.92. The van der Waals surface area contributed by atoms with E-state index in [1.165, 1.54) is 0 Å². The summed E-state index contributed by atoms with van der Waals surface area (Å²) in [7, 11) is -4.76. The van der Waals surface area contributed by atoms with Gasteiger partial charge in [0.05, 0.1) is 19.5 Å². The number of phosphoric acid groups is 1. The standard InChI is InChI=1S/C11H18N3O9P/c1-2-21-11(17)6-9(12)14(4-13-6)10-8(16)7(15)5(23-10)3-22-24(18,19)20/h4-5,7-8,10,15-16H,2-3,12H2,1H3,(H2,18,19,20)/t5-,7+,8-,10+/m1/s1. The Bertz CT molecular complexity index is 645. The fourth-order valence-corrected chi connectivity index (χ4v) is 2.54. The number of carbonyl (C=O) groups excluding carboxylic acids is 1. The number of aromatic nitrogens is 2. The third-order valence-electron chi connectivity index (χ3n) is 3.32. The van der Waals surface area contributed by atoms with Crippen LogP contribution in [0.4, 0.5) is 5.82 Å². The molecule has 136 valence electrons. The molecule has 0 radical (unpaired) electrons. The molecule has 0 aromatic carbocycles. The average molecular weight is 367 g/mol. The van der Waals surface area contributed by atoms with Crippen molar-refractivity contribution in [2.75, 3.05) is 18.9 Å². The predicted octanol–water partition coefficient (Wildman–Crippen LogP) is -1.63. The van der Waals surface area contributed by atoms with Crippen LogP contribution in [0.15, 0.2) is 6.33 Å². The van der Waals surface area contributed by atoms with Gasteiger partial charge in [-0.2, -0.15) is 0 Å². The molecule has 0 aliphatic carbocycles. The first-order chi connectivity index (χ1) is 11.2. The second-order valence-corrected chi connectivity index (χ2v) is 6.18. The third-order valence-corrected chi connectivity index (χ3v) is 3.80. The van der Waals surface area contributed by atoms with Crippen molar-refractivity contribution in [1.29, 1.82) is 0 Å². The van der Waals surface area contributed by atoms with Gasteiger partial charge >= 0.3 is 13.8 Å². The Morgan fingerprint density at radius 3 is 2.71 bits per heavy atom. The molecule has 1 aromatic rings. The molecule has 0 unspecified atom stereocenters. The van der Waals surface area contributed by atoms with E-state index in [0.717, 1.165) is 10.9 Å². The monoisotopic (exact) mass is 367 g/mol. The molecule has 0 amide bonds. The Hall–Kier alpha value is -1.53. The molecule has 0 saturated carbocycles. The lowest BCUT2D eigenvalue weighted by atomic mass is 10.1. The van der Waals surface area contributed by atoms with Gasteiger partial charge in [0.2, 0.25) is 0 Å². The quantitative estimate of drug-likeness (QED) is 0.287. The normalized spacial score (nSPS) is 27.4. The van der Waals surface area contributed by atoms with Crippen LogP contribution in [-0.4, -0.2) is 67.0 Å². The van der Waals surface area contributed by atoms with Crippen molar-refractivity contribution in [1.82, 2.24) is 9.55 Å². The van der Waals surface area contributed by atoms with Gasteiger partial charge in [0.1, 0.15) is 24.1 Å². The van der Waals surface area contributed by atoms with E-state index in [4.69, 9.17) is 25.0 Å². The molecule has 2 heterocycles. The zero-order valence-electron chi connectivity index (χ0n) is 12.6. The van der Waals surface area contributed by atoms with Crippen LogP contribution in [0.2, 0.25) is 0 Å². The number of imidazole rings is 1. The molecule has 1 aliphatic rings. The smallest absolute Gasteiger partial charge is 0.461 e. The van der Waals surface area contributed by atoms with Crippen LogP contribution in [0.5, 0.6) is 0 Å². The lowest BCUT2D eigenvalue weighted by molar-refractivity contribution is -0.0511. The molecule has 1 aromatic heterocycles. The minimum Gasteiger partial charge on any atom is -0.461 e. The number of nitrogens with zero attached hydrogens (tertiary/aromatic N) is 2. The Morgan fingerprint density at radius 2 is 2.12 bits per heavy atom. The van der Waals surface area contributed by atoms with Crippen LogP contribution in [-0.2, 0) is 18.6 Å². The Morgan fingerprint density at radius 1 is 1.46 bits per heavy atom. The SMILES string of the molecule is CCOC(=O)c1ncn([C@H]2O[C@H](COP(=O)(O)O)[C@H](O)[C@H]2O)c1N. The minimum absolute atomic E-state index is 0.119. The van der Waals surface area contributed by atoms with E-state index in [1.54, 1.807) is 6.92 Å². The van der Waals surface area contributed by atoms with Crippen molar-refractivity contribution >= 4 is 19.6 Å². The molecule has 1 saturated heterocycles. The number of hydrogen-bond donors (Lipinski definition) is 5. The molecule has 12 nitrogen and oxygen atoms in total. The topological polar surface area (TPSA) is 187 Å². The summed E-state index contributed by atoms with van der Waals surface area (Å²) in [6.45, 7) is 1.07. The van der Waals surface area contributed by atoms with Crippen molar-refractivity contribution in [3.05, 3.63) is 12.0 Å². The molecular formula is C11H18N3O9P. The van der Waals surface area contributed by atoms with Gasteiger partial charge in [-0.25, -0.2) is 14.3 Å². The number of hydrogen-bond acceptors (Lipinski definition) is 9. The van der Waals surface area contributed by atoms with Crippen LogP contribution < -0.4 is 5.73 Å². The van der Waals surface area contributed by atoms with Crippen molar-refractivity contribution in [3.8, 4) is 0 Å². The summed E-state index contributed by atoms with van der Waals surface area (Å²) in [5, 5.41) is 19.9. The summed E-state index contributed by atoms with van der Waals surface area (Å²) >= 11 is 0. The van der Waals surface area contributed by atoms with E-state index < -0.39 is 44.9 Å².